The zero-order valence-corrected chi connectivity index (χ0v) is 19.4. The highest BCUT2D eigenvalue weighted by atomic mass is 28.4. The van der Waals surface area contributed by atoms with E-state index < -0.39 is 8.32 Å². The molecule has 3 aliphatic rings. The Labute approximate surface area is 177 Å². The van der Waals surface area contributed by atoms with Crippen LogP contribution in [-0.4, -0.2) is 39.0 Å². The Kier molecular flexibility index (Phi) is 5.83. The highest BCUT2D eigenvalue weighted by Gasteiger charge is 2.51. The molecular formula is C26H35NOSi. The maximum Gasteiger partial charge on any atom is 0.261 e. The second kappa shape index (κ2) is 8.21. The Morgan fingerprint density at radius 2 is 1.59 bits per heavy atom. The Morgan fingerprint density at radius 1 is 1.00 bits per heavy atom. The minimum absolute atomic E-state index is 0.0488. The van der Waals surface area contributed by atoms with Gasteiger partial charge in [0.1, 0.15) is 0 Å². The molecular weight excluding hydrogens is 370 g/mol. The molecule has 5 rings (SSSR count). The molecule has 3 aliphatic heterocycles. The summed E-state index contributed by atoms with van der Waals surface area (Å²) >= 11 is 0. The van der Waals surface area contributed by atoms with Crippen LogP contribution in [-0.2, 0) is 4.43 Å². The highest BCUT2D eigenvalue weighted by Crippen LogP contribution is 2.39. The van der Waals surface area contributed by atoms with E-state index in [0.29, 0.717) is 6.04 Å². The van der Waals surface area contributed by atoms with Crippen molar-refractivity contribution in [3.8, 4) is 0 Å². The zero-order valence-electron chi connectivity index (χ0n) is 18.4. The van der Waals surface area contributed by atoms with Crippen molar-refractivity contribution >= 4 is 18.7 Å². The third-order valence-corrected chi connectivity index (χ3v) is 12.0. The normalized spacial score (nSPS) is 26.1. The summed E-state index contributed by atoms with van der Waals surface area (Å²) in [5.74, 6) is 0.762. The van der Waals surface area contributed by atoms with Gasteiger partial charge in [-0.3, -0.25) is 4.90 Å². The topological polar surface area (TPSA) is 12.5 Å². The smallest absolute Gasteiger partial charge is 0.261 e. The van der Waals surface area contributed by atoms with Crippen molar-refractivity contribution in [3.05, 3.63) is 72.3 Å². The van der Waals surface area contributed by atoms with E-state index in [1.54, 1.807) is 5.57 Å². The van der Waals surface area contributed by atoms with E-state index in [2.05, 4.69) is 99.3 Å². The van der Waals surface area contributed by atoms with Gasteiger partial charge in [0.05, 0.1) is 6.61 Å². The van der Waals surface area contributed by atoms with Gasteiger partial charge in [-0.05, 0) is 47.6 Å². The molecule has 1 unspecified atom stereocenters. The van der Waals surface area contributed by atoms with E-state index in [1.165, 1.54) is 29.8 Å². The first-order chi connectivity index (χ1) is 14.0. The fourth-order valence-electron chi connectivity index (χ4n) is 5.49. The van der Waals surface area contributed by atoms with Gasteiger partial charge in [0.2, 0.25) is 0 Å². The minimum Gasteiger partial charge on any atom is -0.406 e. The second-order valence-electron chi connectivity index (χ2n) is 9.68. The summed E-state index contributed by atoms with van der Waals surface area (Å²) in [4.78, 5) is 2.66. The molecule has 0 aliphatic carbocycles. The first-order valence-corrected chi connectivity index (χ1v) is 13.0. The van der Waals surface area contributed by atoms with E-state index in [1.807, 2.05) is 0 Å². The van der Waals surface area contributed by atoms with Gasteiger partial charge in [-0.25, -0.2) is 0 Å². The van der Waals surface area contributed by atoms with E-state index in [9.17, 15) is 0 Å². The van der Waals surface area contributed by atoms with Gasteiger partial charge >= 0.3 is 0 Å². The summed E-state index contributed by atoms with van der Waals surface area (Å²) in [7, 11) is -2.43. The molecule has 3 saturated heterocycles. The van der Waals surface area contributed by atoms with Gasteiger partial charge in [-0.1, -0.05) is 93.1 Å². The minimum atomic E-state index is -2.43. The molecule has 0 aromatic heterocycles. The third-order valence-electron chi connectivity index (χ3n) is 7.03. The van der Waals surface area contributed by atoms with Crippen molar-refractivity contribution in [2.75, 3.05) is 19.7 Å². The number of piperidine rings is 3. The molecule has 2 aromatic carbocycles. The summed E-state index contributed by atoms with van der Waals surface area (Å²) in [6.07, 6.45) is 4.91. The summed E-state index contributed by atoms with van der Waals surface area (Å²) in [6, 6.07) is 22.6. The Bertz CT molecular complexity index is 801. The molecule has 29 heavy (non-hydrogen) atoms. The van der Waals surface area contributed by atoms with Crippen molar-refractivity contribution < 1.29 is 4.43 Å². The van der Waals surface area contributed by atoms with Gasteiger partial charge in [0, 0.05) is 12.6 Å². The van der Waals surface area contributed by atoms with Gasteiger partial charge in [-0.2, -0.15) is 0 Å². The molecule has 0 amide bonds. The van der Waals surface area contributed by atoms with E-state index >= 15 is 0 Å². The van der Waals surface area contributed by atoms with Crippen LogP contribution >= 0.6 is 0 Å². The molecule has 0 spiro atoms. The molecule has 3 atom stereocenters. The number of benzene rings is 2. The average Bonchev–Trinajstić information content (AvgIpc) is 2.75. The van der Waals surface area contributed by atoms with Crippen LogP contribution in [0.15, 0.2) is 72.3 Å². The monoisotopic (exact) mass is 405 g/mol. The number of hydrogen-bond acceptors (Lipinski definition) is 2. The van der Waals surface area contributed by atoms with E-state index in [4.69, 9.17) is 4.43 Å². The number of hydrogen-bond donors (Lipinski definition) is 0. The van der Waals surface area contributed by atoms with Crippen LogP contribution in [0.4, 0.5) is 0 Å². The van der Waals surface area contributed by atoms with Gasteiger partial charge in [0.25, 0.3) is 8.32 Å². The first-order valence-electron chi connectivity index (χ1n) is 11.1. The lowest BCUT2D eigenvalue weighted by Gasteiger charge is -2.49. The Hall–Kier alpha value is -1.68. The molecule has 2 aromatic rings. The summed E-state index contributed by atoms with van der Waals surface area (Å²) in [5.41, 5.74) is 1.64. The van der Waals surface area contributed by atoms with Crippen LogP contribution in [0.25, 0.3) is 0 Å². The number of allylic oxidation sites excluding steroid dienone is 1. The lowest BCUT2D eigenvalue weighted by molar-refractivity contribution is 0.0539. The molecule has 2 bridgehead atoms. The summed E-state index contributed by atoms with van der Waals surface area (Å²) in [6.45, 7) is 12.5. The van der Waals surface area contributed by atoms with Crippen LogP contribution in [0.5, 0.6) is 0 Å². The molecule has 0 N–H and O–H groups in total. The zero-order chi connectivity index (χ0) is 20.5. The predicted octanol–water partition coefficient (Wildman–Crippen LogP) is 4.60. The number of fused-ring (bicyclic) bond motifs is 3. The second-order valence-corrected chi connectivity index (χ2v) is 14.0. The fraction of sp³-hybridized carbons (Fsp3) is 0.462. The van der Waals surface area contributed by atoms with Crippen molar-refractivity contribution in [2.45, 2.75) is 51.6 Å². The molecule has 3 heterocycles. The Balaban J connectivity index is 1.68. The van der Waals surface area contributed by atoms with Crippen LogP contribution in [0.1, 0.15) is 40.5 Å². The predicted molar refractivity (Wildman–Crippen MR) is 125 cm³/mol. The molecule has 3 heteroatoms. The summed E-state index contributed by atoms with van der Waals surface area (Å²) < 4.78 is 7.21. The fourth-order valence-corrected chi connectivity index (χ4v) is 10.1. The van der Waals surface area contributed by atoms with Gasteiger partial charge in [-0.15, -0.1) is 0 Å². The van der Waals surface area contributed by atoms with Crippen molar-refractivity contribution in [2.24, 2.45) is 5.92 Å². The molecule has 0 radical (unpaired) electrons. The number of nitrogens with zero attached hydrogens (tertiary/aromatic N) is 1. The SMILES string of the molecule is C/C=C1/CN2CC[C@H]1C[C@@H]2CO[Si](c1ccccc1)(c1ccccc1)C(C)(C)C. The van der Waals surface area contributed by atoms with Crippen molar-refractivity contribution in [3.63, 3.8) is 0 Å². The largest absolute Gasteiger partial charge is 0.406 e. The van der Waals surface area contributed by atoms with Crippen molar-refractivity contribution in [1.82, 2.24) is 4.90 Å². The van der Waals surface area contributed by atoms with Crippen LogP contribution in [0.2, 0.25) is 5.04 Å². The molecule has 3 fully saturated rings. The molecule has 154 valence electrons. The first kappa shape index (κ1) is 20.6. The lowest BCUT2D eigenvalue weighted by atomic mass is 9.80. The van der Waals surface area contributed by atoms with Gasteiger partial charge < -0.3 is 4.43 Å². The lowest BCUT2D eigenvalue weighted by Crippen LogP contribution is -2.67. The maximum absolute atomic E-state index is 7.21. The summed E-state index contributed by atoms with van der Waals surface area (Å²) in [5, 5.41) is 2.81. The Morgan fingerprint density at radius 3 is 2.03 bits per heavy atom. The maximum atomic E-state index is 7.21. The van der Waals surface area contributed by atoms with E-state index in [-0.39, 0.29) is 5.04 Å². The van der Waals surface area contributed by atoms with Crippen molar-refractivity contribution in [1.29, 1.82) is 0 Å². The van der Waals surface area contributed by atoms with Crippen LogP contribution in [0, 0.1) is 5.92 Å². The third kappa shape index (κ3) is 3.76. The van der Waals surface area contributed by atoms with E-state index in [0.717, 1.165) is 19.1 Å². The van der Waals surface area contributed by atoms with Crippen LogP contribution < -0.4 is 10.4 Å². The highest BCUT2D eigenvalue weighted by molar-refractivity contribution is 6.99. The molecule has 0 saturated carbocycles. The standard InChI is InChI=1S/C26H35NOSi/c1-5-21-19-27-17-16-22(21)18-23(27)20-28-29(26(2,3)4,24-12-8-6-9-13-24)25-14-10-7-11-15-25/h5-15,22-23H,16-20H2,1-4H3/b21-5-/t22-,23+/m0/s1. The van der Waals surface area contributed by atoms with Gasteiger partial charge in [0.15, 0.2) is 0 Å². The van der Waals surface area contributed by atoms with Crippen LogP contribution in [0.3, 0.4) is 0 Å². The molecule has 2 nitrogen and oxygen atoms in total. The average molecular weight is 406 g/mol. The number of rotatable bonds is 5. The quantitative estimate of drug-likeness (QED) is 0.532.